The first-order valence-electron chi connectivity index (χ1n) is 8.14. The Labute approximate surface area is 139 Å². The minimum Gasteiger partial charge on any atom is -0.388 e. The van der Waals surface area contributed by atoms with E-state index in [1.54, 1.807) is 0 Å². The van der Waals surface area contributed by atoms with Gasteiger partial charge in [0.05, 0.1) is 25.0 Å². The highest BCUT2D eigenvalue weighted by Gasteiger charge is 2.22. The summed E-state index contributed by atoms with van der Waals surface area (Å²) < 4.78 is 12.9. The van der Waals surface area contributed by atoms with Crippen molar-refractivity contribution in [1.29, 1.82) is 0 Å². The molecule has 0 radical (unpaired) electrons. The van der Waals surface area contributed by atoms with Crippen LogP contribution in [0.1, 0.15) is 38.2 Å². The normalized spacial score (nSPS) is 15.6. The Morgan fingerprint density at radius 1 is 1.23 bits per heavy atom. The van der Waals surface area contributed by atoms with Crippen LogP contribution in [0.15, 0.2) is 39.8 Å². The number of aliphatic hydroxyl groups excluding tert-OH is 1. The molecule has 1 unspecified atom stereocenters. The summed E-state index contributed by atoms with van der Waals surface area (Å²) in [4.78, 5) is 1.49. The van der Waals surface area contributed by atoms with E-state index >= 15 is 0 Å². The first kappa shape index (κ1) is 19.3. The van der Waals surface area contributed by atoms with Gasteiger partial charge in [0.25, 0.3) is 0 Å². The number of benzene rings is 1. The lowest BCUT2D eigenvalue weighted by atomic mass is 10.1. The third-order valence-corrected chi connectivity index (χ3v) is 6.34. The molecule has 0 amide bonds. The van der Waals surface area contributed by atoms with Gasteiger partial charge in [-0.15, -0.1) is 0 Å². The first-order valence-corrected chi connectivity index (χ1v) is 12.9. The number of rotatable bonds is 8. The molecule has 22 heavy (non-hydrogen) atoms. The average Bonchev–Trinajstić information content (AvgIpc) is 2.44. The molecule has 0 bridgehead atoms. The van der Waals surface area contributed by atoms with E-state index in [1.165, 1.54) is 0 Å². The van der Waals surface area contributed by atoms with Crippen LogP contribution in [-0.2, 0) is 10.8 Å². The van der Waals surface area contributed by atoms with Gasteiger partial charge < -0.3 is 5.11 Å². The number of unbranched alkanes of at least 4 members (excludes halogenated alkanes) is 2. The highest BCUT2D eigenvalue weighted by atomic mass is 32.2. The van der Waals surface area contributed by atoms with Crippen LogP contribution in [-0.4, -0.2) is 23.5 Å². The summed E-state index contributed by atoms with van der Waals surface area (Å²) >= 11 is 0. The molecule has 1 aromatic carbocycles. The third-order valence-electron chi connectivity index (χ3n) is 3.43. The van der Waals surface area contributed by atoms with Crippen molar-refractivity contribution in [1.82, 2.24) is 0 Å². The van der Waals surface area contributed by atoms with Gasteiger partial charge in [-0.25, -0.2) is 4.21 Å². The van der Waals surface area contributed by atoms with Crippen LogP contribution in [0.5, 0.6) is 0 Å². The van der Waals surface area contributed by atoms with Crippen LogP contribution in [0, 0.1) is 6.92 Å². The van der Waals surface area contributed by atoms with Crippen molar-refractivity contribution >= 4 is 18.9 Å². The molecule has 2 nitrogen and oxygen atoms in total. The third kappa shape index (κ3) is 6.59. The lowest BCUT2D eigenvalue weighted by molar-refractivity contribution is 0.204. The van der Waals surface area contributed by atoms with Gasteiger partial charge in [0.15, 0.2) is 0 Å². The van der Waals surface area contributed by atoms with E-state index in [0.29, 0.717) is 11.3 Å². The summed E-state index contributed by atoms with van der Waals surface area (Å²) in [5.74, 6) is 0. The zero-order chi connectivity index (χ0) is 16.8. The Morgan fingerprint density at radius 3 is 2.32 bits per heavy atom. The molecule has 0 fully saturated rings. The molecular formula is C18H30O2SSi. The summed E-state index contributed by atoms with van der Waals surface area (Å²) in [6.45, 7) is 10.8. The molecule has 124 valence electrons. The predicted octanol–water partition coefficient (Wildman–Crippen LogP) is 4.81. The molecule has 2 atom stereocenters. The Balaban J connectivity index is 3.02. The first-order chi connectivity index (χ1) is 10.2. The van der Waals surface area contributed by atoms with E-state index in [2.05, 4.69) is 32.3 Å². The summed E-state index contributed by atoms with van der Waals surface area (Å²) in [6, 6.07) is 7.76. The van der Waals surface area contributed by atoms with E-state index in [-0.39, 0.29) is 0 Å². The molecule has 0 saturated heterocycles. The molecule has 1 aromatic rings. The lowest BCUT2D eigenvalue weighted by Gasteiger charge is -2.19. The fourth-order valence-corrected chi connectivity index (χ4v) is 5.78. The maximum absolute atomic E-state index is 12.9. The lowest BCUT2D eigenvalue weighted by Crippen LogP contribution is -2.23. The van der Waals surface area contributed by atoms with Crippen LogP contribution in [0.4, 0.5) is 0 Å². The molecule has 0 aliphatic carbocycles. The van der Waals surface area contributed by atoms with Gasteiger partial charge in [-0.2, -0.15) is 0 Å². The van der Waals surface area contributed by atoms with Gasteiger partial charge in [0.2, 0.25) is 0 Å². The molecule has 0 aromatic heterocycles. The zero-order valence-electron chi connectivity index (χ0n) is 14.6. The van der Waals surface area contributed by atoms with Gasteiger partial charge in [-0.1, -0.05) is 69.2 Å². The van der Waals surface area contributed by atoms with Crippen LogP contribution >= 0.6 is 0 Å². The minimum absolute atomic E-state index is 0.597. The molecule has 0 aliphatic heterocycles. The van der Waals surface area contributed by atoms with E-state index in [9.17, 15) is 9.32 Å². The highest BCUT2D eigenvalue weighted by molar-refractivity contribution is 7.89. The largest absolute Gasteiger partial charge is 0.388 e. The second kappa shape index (κ2) is 8.80. The summed E-state index contributed by atoms with van der Waals surface area (Å²) in [5, 5.41) is 10.5. The Hall–Kier alpha value is -0.713. The van der Waals surface area contributed by atoms with Crippen molar-refractivity contribution in [2.75, 3.05) is 0 Å². The molecule has 0 heterocycles. The Kier molecular flexibility index (Phi) is 7.73. The molecule has 1 N–H and O–H groups in total. The van der Waals surface area contributed by atoms with E-state index in [1.807, 2.05) is 31.2 Å². The quantitative estimate of drug-likeness (QED) is 0.546. The highest BCUT2D eigenvalue weighted by Crippen LogP contribution is 2.23. The topological polar surface area (TPSA) is 37.3 Å². The number of aliphatic hydroxyl groups is 1. The monoisotopic (exact) mass is 338 g/mol. The van der Waals surface area contributed by atoms with Gasteiger partial charge in [-0.3, -0.25) is 0 Å². The number of hydrogen-bond donors (Lipinski definition) is 1. The number of aryl methyl sites for hydroxylation is 1. The smallest absolute Gasteiger partial charge is 0.0870 e. The number of hydrogen-bond acceptors (Lipinski definition) is 2. The standard InChI is InChI=1S/C18H30O2SSi/c1-6-7-8-9-17(19)18(14-22(3,4)5)21(20)16-12-10-15(2)11-13-16/h10-14,17,19H,6-9H2,1-5H3/b18-14+/t17-,21?/m1/s1. The SMILES string of the molecule is CCCCC[C@@H](O)/C(=C\[Si](C)(C)C)S(=O)c1ccc(C)cc1. The molecule has 0 aliphatic rings. The van der Waals surface area contributed by atoms with Gasteiger partial charge in [0, 0.05) is 9.80 Å². The van der Waals surface area contributed by atoms with Crippen molar-refractivity contribution in [3.8, 4) is 0 Å². The van der Waals surface area contributed by atoms with Crippen molar-refractivity contribution in [2.45, 2.75) is 70.2 Å². The fourth-order valence-electron chi connectivity index (χ4n) is 2.23. The maximum Gasteiger partial charge on any atom is 0.0870 e. The summed E-state index contributed by atoms with van der Waals surface area (Å²) in [5.41, 5.74) is 3.26. The second-order valence-corrected chi connectivity index (χ2v) is 13.5. The summed E-state index contributed by atoms with van der Waals surface area (Å²) in [6.07, 6.45) is 3.31. The Morgan fingerprint density at radius 2 is 1.82 bits per heavy atom. The van der Waals surface area contributed by atoms with Crippen molar-refractivity contribution in [2.24, 2.45) is 0 Å². The van der Waals surface area contributed by atoms with Crippen molar-refractivity contribution in [3.05, 3.63) is 40.4 Å². The van der Waals surface area contributed by atoms with Gasteiger partial charge >= 0.3 is 0 Å². The zero-order valence-corrected chi connectivity index (χ0v) is 16.4. The molecule has 0 spiro atoms. The Bertz CT molecular complexity index is 515. The van der Waals surface area contributed by atoms with Gasteiger partial charge in [-0.05, 0) is 25.5 Å². The molecular weight excluding hydrogens is 308 g/mol. The van der Waals surface area contributed by atoms with Crippen molar-refractivity contribution < 1.29 is 9.32 Å². The van der Waals surface area contributed by atoms with Crippen molar-refractivity contribution in [3.63, 3.8) is 0 Å². The van der Waals surface area contributed by atoms with Gasteiger partial charge in [0.1, 0.15) is 0 Å². The average molecular weight is 339 g/mol. The van der Waals surface area contributed by atoms with E-state index in [4.69, 9.17) is 0 Å². The van der Waals surface area contributed by atoms with Crippen LogP contribution in [0.2, 0.25) is 19.6 Å². The molecule has 4 heteroatoms. The van der Waals surface area contributed by atoms with E-state index < -0.39 is 25.0 Å². The van der Waals surface area contributed by atoms with Crippen LogP contribution < -0.4 is 0 Å². The van der Waals surface area contributed by atoms with Crippen LogP contribution in [0.25, 0.3) is 0 Å². The minimum atomic E-state index is -1.55. The molecule has 1 rings (SSSR count). The van der Waals surface area contributed by atoms with E-state index in [0.717, 1.165) is 29.7 Å². The maximum atomic E-state index is 12.9. The predicted molar refractivity (Wildman–Crippen MR) is 99.2 cm³/mol. The molecule has 0 saturated carbocycles. The second-order valence-electron chi connectivity index (χ2n) is 7.01. The summed E-state index contributed by atoms with van der Waals surface area (Å²) in [7, 11) is -2.82. The van der Waals surface area contributed by atoms with Crippen LogP contribution in [0.3, 0.4) is 0 Å². The fraction of sp³-hybridized carbons (Fsp3) is 0.556.